The minimum atomic E-state index is -0.684. The van der Waals surface area contributed by atoms with E-state index in [-0.39, 0.29) is 6.61 Å². The maximum atomic E-state index is 10.4. The molecule has 0 bridgehead atoms. The van der Waals surface area contributed by atoms with Crippen molar-refractivity contribution >= 4 is 5.91 Å². The Balaban J connectivity index is 3.45. The third-order valence-corrected chi connectivity index (χ3v) is 1.34. The van der Waals surface area contributed by atoms with Crippen molar-refractivity contribution in [1.82, 2.24) is 0 Å². The second-order valence-electron chi connectivity index (χ2n) is 2.44. The lowest BCUT2D eigenvalue weighted by Gasteiger charge is -2.08. The van der Waals surface area contributed by atoms with Crippen LogP contribution in [-0.2, 0) is 9.53 Å². The molecule has 5 nitrogen and oxygen atoms in total. The van der Waals surface area contributed by atoms with Gasteiger partial charge in [-0.05, 0) is 13.3 Å². The highest BCUT2D eigenvalue weighted by Crippen LogP contribution is 1.92. The molecule has 2 atom stereocenters. The summed E-state index contributed by atoms with van der Waals surface area (Å²) in [6.45, 7) is 1.90. The molecule has 0 aromatic carbocycles. The molecular weight excluding hydrogens is 158 g/mol. The standard InChI is InChI=1S/C7H13N3O2/c1-5(4-8)12-3-2-6(9)7(10)11/h5-6H,2-3,9H2,1H3,(H2,10,11). The maximum Gasteiger partial charge on any atom is 0.234 e. The lowest BCUT2D eigenvalue weighted by atomic mass is 10.2. The van der Waals surface area contributed by atoms with Crippen LogP contribution in [0.2, 0.25) is 0 Å². The van der Waals surface area contributed by atoms with Crippen molar-refractivity contribution in [2.75, 3.05) is 6.61 Å². The van der Waals surface area contributed by atoms with Crippen molar-refractivity contribution in [2.45, 2.75) is 25.5 Å². The first-order valence-corrected chi connectivity index (χ1v) is 3.64. The topological polar surface area (TPSA) is 102 Å². The number of nitrogens with two attached hydrogens (primary N) is 2. The summed E-state index contributed by atoms with van der Waals surface area (Å²) in [5.41, 5.74) is 10.2. The monoisotopic (exact) mass is 171 g/mol. The van der Waals surface area contributed by atoms with E-state index < -0.39 is 18.1 Å². The Hall–Kier alpha value is -1.12. The number of amides is 1. The average Bonchev–Trinajstić information content (AvgIpc) is 2.03. The minimum absolute atomic E-state index is 0.277. The molecule has 0 aliphatic carbocycles. The first kappa shape index (κ1) is 10.9. The summed E-state index contributed by atoms with van der Waals surface area (Å²) < 4.78 is 4.96. The highest BCUT2D eigenvalue weighted by atomic mass is 16.5. The number of nitrogens with zero attached hydrogens (tertiary/aromatic N) is 1. The van der Waals surface area contributed by atoms with Gasteiger partial charge in [-0.25, -0.2) is 0 Å². The molecule has 0 spiro atoms. The summed E-state index contributed by atoms with van der Waals surface area (Å²) in [5.74, 6) is -0.553. The highest BCUT2D eigenvalue weighted by molar-refractivity contribution is 5.79. The summed E-state index contributed by atoms with van der Waals surface area (Å²) in [4.78, 5) is 10.4. The van der Waals surface area contributed by atoms with Gasteiger partial charge in [0.05, 0.1) is 18.7 Å². The van der Waals surface area contributed by atoms with Crippen LogP contribution in [0.3, 0.4) is 0 Å². The van der Waals surface area contributed by atoms with E-state index in [1.54, 1.807) is 6.92 Å². The van der Waals surface area contributed by atoms with E-state index in [0.29, 0.717) is 6.42 Å². The molecule has 0 aliphatic heterocycles. The second-order valence-corrected chi connectivity index (χ2v) is 2.44. The summed E-state index contributed by atoms with van der Waals surface area (Å²) in [6.07, 6.45) is -0.119. The Labute approximate surface area is 71.3 Å². The Morgan fingerprint density at radius 3 is 2.75 bits per heavy atom. The van der Waals surface area contributed by atoms with Gasteiger partial charge < -0.3 is 16.2 Å². The summed E-state index contributed by atoms with van der Waals surface area (Å²) >= 11 is 0. The molecule has 12 heavy (non-hydrogen) atoms. The van der Waals surface area contributed by atoms with Crippen LogP contribution in [0.4, 0.5) is 0 Å². The Bertz CT molecular complexity index is 188. The van der Waals surface area contributed by atoms with Crippen molar-refractivity contribution in [1.29, 1.82) is 5.26 Å². The van der Waals surface area contributed by atoms with E-state index in [4.69, 9.17) is 21.5 Å². The van der Waals surface area contributed by atoms with Crippen LogP contribution < -0.4 is 11.5 Å². The number of carbonyl (C=O) groups is 1. The minimum Gasteiger partial charge on any atom is -0.368 e. The molecule has 5 heteroatoms. The smallest absolute Gasteiger partial charge is 0.234 e. The van der Waals surface area contributed by atoms with E-state index in [1.807, 2.05) is 6.07 Å². The van der Waals surface area contributed by atoms with Gasteiger partial charge in [-0.3, -0.25) is 4.79 Å². The first-order chi connectivity index (χ1) is 5.57. The van der Waals surface area contributed by atoms with Crippen molar-refractivity contribution < 1.29 is 9.53 Å². The number of rotatable bonds is 5. The van der Waals surface area contributed by atoms with E-state index in [0.717, 1.165) is 0 Å². The van der Waals surface area contributed by atoms with Crippen LogP contribution in [-0.4, -0.2) is 24.7 Å². The van der Waals surface area contributed by atoms with Gasteiger partial charge in [0.1, 0.15) is 6.10 Å². The first-order valence-electron chi connectivity index (χ1n) is 3.64. The third-order valence-electron chi connectivity index (χ3n) is 1.34. The number of ether oxygens (including phenoxy) is 1. The second kappa shape index (κ2) is 5.52. The van der Waals surface area contributed by atoms with Gasteiger partial charge >= 0.3 is 0 Å². The zero-order chi connectivity index (χ0) is 9.56. The van der Waals surface area contributed by atoms with Gasteiger partial charge in [-0.2, -0.15) is 5.26 Å². The number of primary amides is 1. The molecular formula is C7H13N3O2. The van der Waals surface area contributed by atoms with Gasteiger partial charge in [-0.1, -0.05) is 0 Å². The zero-order valence-electron chi connectivity index (χ0n) is 6.99. The van der Waals surface area contributed by atoms with Gasteiger partial charge in [0, 0.05) is 0 Å². The molecule has 0 radical (unpaired) electrons. The molecule has 0 aliphatic rings. The molecule has 1 amide bonds. The van der Waals surface area contributed by atoms with E-state index in [9.17, 15) is 4.79 Å². The van der Waals surface area contributed by atoms with Crippen molar-refractivity contribution in [3.8, 4) is 6.07 Å². The van der Waals surface area contributed by atoms with Crippen LogP contribution in [0.5, 0.6) is 0 Å². The molecule has 0 saturated carbocycles. The van der Waals surface area contributed by atoms with E-state index >= 15 is 0 Å². The van der Waals surface area contributed by atoms with Crippen LogP contribution in [0.25, 0.3) is 0 Å². The van der Waals surface area contributed by atoms with Crippen LogP contribution in [0.1, 0.15) is 13.3 Å². The number of hydrogen-bond donors (Lipinski definition) is 2. The van der Waals surface area contributed by atoms with Crippen LogP contribution in [0, 0.1) is 11.3 Å². The zero-order valence-corrected chi connectivity index (χ0v) is 6.99. The van der Waals surface area contributed by atoms with Gasteiger partial charge in [-0.15, -0.1) is 0 Å². The van der Waals surface area contributed by atoms with Crippen molar-refractivity contribution in [2.24, 2.45) is 11.5 Å². The summed E-state index contributed by atoms with van der Waals surface area (Å²) in [7, 11) is 0. The maximum absolute atomic E-state index is 10.4. The summed E-state index contributed by atoms with van der Waals surface area (Å²) in [5, 5.41) is 8.31. The quantitative estimate of drug-likeness (QED) is 0.560. The number of nitriles is 1. The molecule has 0 aromatic rings. The third kappa shape index (κ3) is 4.66. The number of hydrogen-bond acceptors (Lipinski definition) is 4. The fourth-order valence-corrected chi connectivity index (χ4v) is 0.551. The molecule has 2 unspecified atom stereocenters. The lowest BCUT2D eigenvalue weighted by molar-refractivity contribution is -0.119. The molecule has 0 rings (SSSR count). The lowest BCUT2D eigenvalue weighted by Crippen LogP contribution is -2.37. The van der Waals surface area contributed by atoms with Crippen molar-refractivity contribution in [3.63, 3.8) is 0 Å². The normalized spacial score (nSPS) is 14.8. The number of carbonyl (C=O) groups excluding carboxylic acids is 1. The highest BCUT2D eigenvalue weighted by Gasteiger charge is 2.09. The van der Waals surface area contributed by atoms with Gasteiger partial charge in [0.2, 0.25) is 5.91 Å². The largest absolute Gasteiger partial charge is 0.368 e. The van der Waals surface area contributed by atoms with Gasteiger partial charge in [0.15, 0.2) is 0 Å². The molecule has 0 heterocycles. The Morgan fingerprint density at radius 1 is 1.75 bits per heavy atom. The van der Waals surface area contributed by atoms with Crippen LogP contribution >= 0.6 is 0 Å². The van der Waals surface area contributed by atoms with E-state index in [2.05, 4.69) is 0 Å². The fourth-order valence-electron chi connectivity index (χ4n) is 0.551. The Kier molecular flexibility index (Phi) is 5.00. The summed E-state index contributed by atoms with van der Waals surface area (Å²) in [6, 6.07) is 1.20. The molecule has 4 N–H and O–H groups in total. The molecule has 0 fully saturated rings. The van der Waals surface area contributed by atoms with Crippen LogP contribution in [0.15, 0.2) is 0 Å². The Morgan fingerprint density at radius 2 is 2.33 bits per heavy atom. The average molecular weight is 171 g/mol. The predicted molar refractivity (Wildman–Crippen MR) is 42.8 cm³/mol. The fraction of sp³-hybridized carbons (Fsp3) is 0.714. The predicted octanol–water partition coefficient (Wildman–Crippen LogP) is -0.882. The molecule has 68 valence electrons. The SMILES string of the molecule is CC(C#N)OCCC(N)C(N)=O. The molecule has 0 aromatic heterocycles. The van der Waals surface area contributed by atoms with E-state index in [1.165, 1.54) is 0 Å². The van der Waals surface area contributed by atoms with Crippen molar-refractivity contribution in [3.05, 3.63) is 0 Å². The van der Waals surface area contributed by atoms with Gasteiger partial charge in [0.25, 0.3) is 0 Å². The molecule has 0 saturated heterocycles.